The van der Waals surface area contributed by atoms with E-state index in [0.717, 1.165) is 5.56 Å². The van der Waals surface area contributed by atoms with E-state index in [2.05, 4.69) is 9.99 Å². The lowest BCUT2D eigenvalue weighted by Crippen LogP contribution is -2.04. The van der Waals surface area contributed by atoms with Crippen molar-refractivity contribution in [3.05, 3.63) is 63.6 Å². The second kappa shape index (κ2) is 7.69. The van der Waals surface area contributed by atoms with Crippen molar-refractivity contribution in [3.8, 4) is 11.8 Å². The van der Waals surface area contributed by atoms with E-state index >= 15 is 0 Å². The van der Waals surface area contributed by atoms with E-state index in [0.29, 0.717) is 28.0 Å². The van der Waals surface area contributed by atoms with Crippen LogP contribution in [0.15, 0.2) is 47.6 Å². The topological polar surface area (TPSA) is 54.6 Å². The molecule has 4 nitrogen and oxygen atoms in total. The van der Waals surface area contributed by atoms with Gasteiger partial charge in [-0.25, -0.2) is 0 Å². The number of hydrogen-bond donors (Lipinski definition) is 0. The van der Waals surface area contributed by atoms with Gasteiger partial charge in [0.1, 0.15) is 25.5 Å². The highest BCUT2D eigenvalue weighted by molar-refractivity contribution is 6.31. The van der Waals surface area contributed by atoms with E-state index in [9.17, 15) is 0 Å². The normalized spacial score (nSPS) is 10.9. The summed E-state index contributed by atoms with van der Waals surface area (Å²) < 4.78 is 5.76. The van der Waals surface area contributed by atoms with Crippen LogP contribution in [-0.4, -0.2) is 12.8 Å². The average Bonchev–Trinajstić information content (AvgIpc) is 2.53. The van der Waals surface area contributed by atoms with E-state index in [4.69, 9.17) is 33.2 Å². The molecule has 2 aromatic rings. The molecule has 0 atom stereocenters. The summed E-state index contributed by atoms with van der Waals surface area (Å²) in [6.07, 6.45) is 0. The predicted molar refractivity (Wildman–Crippen MR) is 86.4 cm³/mol. The summed E-state index contributed by atoms with van der Waals surface area (Å²) in [6.45, 7) is 0.331. The molecule has 0 aliphatic rings. The van der Waals surface area contributed by atoms with Gasteiger partial charge in [0.2, 0.25) is 0 Å². The van der Waals surface area contributed by atoms with Gasteiger partial charge < -0.3 is 9.57 Å². The minimum absolute atomic E-state index is 0.0936. The highest BCUT2D eigenvalue weighted by Gasteiger charge is 2.12. The van der Waals surface area contributed by atoms with Crippen LogP contribution in [0.2, 0.25) is 10.0 Å². The zero-order chi connectivity index (χ0) is 15.9. The monoisotopic (exact) mass is 334 g/mol. The molecule has 0 radical (unpaired) electrons. The number of nitriles is 1. The molecule has 2 rings (SSSR count). The molecular formula is C16H12Cl2N2O2. The molecule has 6 heteroatoms. The first kappa shape index (κ1) is 16.2. The molecule has 0 amide bonds. The minimum atomic E-state index is 0.0936. The van der Waals surface area contributed by atoms with Crippen molar-refractivity contribution in [2.24, 2.45) is 5.16 Å². The number of hydrogen-bond acceptors (Lipinski definition) is 4. The molecular weight excluding hydrogens is 323 g/mol. The molecule has 0 saturated carbocycles. The fraction of sp³-hybridized carbons (Fsp3) is 0.125. The van der Waals surface area contributed by atoms with Gasteiger partial charge in [-0.2, -0.15) is 5.26 Å². The Kier molecular flexibility index (Phi) is 5.65. The Morgan fingerprint density at radius 2 is 1.82 bits per heavy atom. The van der Waals surface area contributed by atoms with Crippen molar-refractivity contribution in [2.45, 2.75) is 6.61 Å². The third-order valence-electron chi connectivity index (χ3n) is 2.79. The molecule has 0 saturated heterocycles. The molecule has 0 aromatic heterocycles. The van der Waals surface area contributed by atoms with Crippen LogP contribution in [0.4, 0.5) is 0 Å². The second-order valence-electron chi connectivity index (χ2n) is 4.29. The van der Waals surface area contributed by atoms with Crippen LogP contribution in [0.3, 0.4) is 0 Å². The zero-order valence-corrected chi connectivity index (χ0v) is 13.2. The van der Waals surface area contributed by atoms with Crippen LogP contribution in [0.25, 0.3) is 0 Å². The summed E-state index contributed by atoms with van der Waals surface area (Å²) in [5.74, 6) is 0.497. The molecule has 2 aromatic carbocycles. The molecule has 0 N–H and O–H groups in total. The number of rotatable bonds is 5. The maximum Gasteiger partial charge on any atom is 0.190 e. The number of oxime groups is 1. The summed E-state index contributed by atoms with van der Waals surface area (Å²) in [6, 6.07) is 14.3. The maximum atomic E-state index is 9.17. The van der Waals surface area contributed by atoms with Gasteiger partial charge in [0, 0.05) is 10.0 Å². The first-order chi connectivity index (χ1) is 10.6. The van der Waals surface area contributed by atoms with Gasteiger partial charge in [-0.15, -0.1) is 0 Å². The van der Waals surface area contributed by atoms with E-state index in [1.165, 1.54) is 7.11 Å². The van der Waals surface area contributed by atoms with Gasteiger partial charge in [0.25, 0.3) is 0 Å². The van der Waals surface area contributed by atoms with Crippen LogP contribution in [0, 0.1) is 11.3 Å². The minimum Gasteiger partial charge on any atom is -0.488 e. The highest BCUT2D eigenvalue weighted by atomic mass is 35.5. The Morgan fingerprint density at radius 3 is 2.45 bits per heavy atom. The molecule has 0 heterocycles. The van der Waals surface area contributed by atoms with Crippen LogP contribution >= 0.6 is 23.2 Å². The van der Waals surface area contributed by atoms with Crippen LogP contribution in [-0.2, 0) is 11.4 Å². The van der Waals surface area contributed by atoms with Gasteiger partial charge in [0.15, 0.2) is 5.71 Å². The Bertz CT molecular complexity index is 722. The van der Waals surface area contributed by atoms with Crippen LogP contribution in [0.5, 0.6) is 5.75 Å². The Hall–Kier alpha value is -2.22. The summed E-state index contributed by atoms with van der Waals surface area (Å²) in [4.78, 5) is 4.67. The van der Waals surface area contributed by atoms with Gasteiger partial charge in [-0.1, -0.05) is 40.5 Å². The average molecular weight is 335 g/mol. The summed E-state index contributed by atoms with van der Waals surface area (Å²) in [7, 11) is 1.37. The van der Waals surface area contributed by atoms with Gasteiger partial charge >= 0.3 is 0 Å². The van der Waals surface area contributed by atoms with Crippen molar-refractivity contribution in [1.29, 1.82) is 5.26 Å². The zero-order valence-electron chi connectivity index (χ0n) is 11.7. The molecule has 22 heavy (non-hydrogen) atoms. The maximum absolute atomic E-state index is 9.17. The Balaban J connectivity index is 2.25. The highest BCUT2D eigenvalue weighted by Crippen LogP contribution is 2.25. The first-order valence-electron chi connectivity index (χ1n) is 6.32. The van der Waals surface area contributed by atoms with E-state index in [1.807, 2.05) is 18.2 Å². The quantitative estimate of drug-likeness (QED) is 0.599. The summed E-state index contributed by atoms with van der Waals surface area (Å²) in [5, 5.41) is 14.0. The molecule has 0 aliphatic heterocycles. The van der Waals surface area contributed by atoms with Crippen molar-refractivity contribution in [1.82, 2.24) is 0 Å². The lowest BCUT2D eigenvalue weighted by Gasteiger charge is -2.11. The number of ether oxygens (including phenoxy) is 1. The predicted octanol–water partition coefficient (Wildman–Crippen LogP) is 4.45. The molecule has 0 fully saturated rings. The molecule has 0 aliphatic carbocycles. The van der Waals surface area contributed by atoms with Gasteiger partial charge in [-0.05, 0) is 35.9 Å². The van der Waals surface area contributed by atoms with E-state index < -0.39 is 0 Å². The molecule has 0 unspecified atom stereocenters. The first-order valence-corrected chi connectivity index (χ1v) is 7.08. The van der Waals surface area contributed by atoms with Gasteiger partial charge in [0.05, 0.1) is 5.56 Å². The van der Waals surface area contributed by atoms with Crippen molar-refractivity contribution < 1.29 is 9.57 Å². The lowest BCUT2D eigenvalue weighted by atomic mass is 10.1. The summed E-state index contributed by atoms with van der Waals surface area (Å²) in [5.41, 5.74) is 1.52. The number of halogens is 2. The number of nitrogens with zero attached hydrogens (tertiary/aromatic N) is 2. The fourth-order valence-corrected chi connectivity index (χ4v) is 2.07. The smallest absolute Gasteiger partial charge is 0.190 e. The molecule has 0 bridgehead atoms. The Morgan fingerprint density at radius 1 is 1.14 bits per heavy atom. The van der Waals surface area contributed by atoms with Gasteiger partial charge in [-0.3, -0.25) is 0 Å². The lowest BCUT2D eigenvalue weighted by molar-refractivity contribution is 0.214. The largest absolute Gasteiger partial charge is 0.488 e. The molecule has 0 spiro atoms. The fourth-order valence-electron chi connectivity index (χ4n) is 1.78. The SMILES string of the molecule is CON=C(C#N)c1cc(Cl)ccc1OCc1ccc(Cl)cc1. The van der Waals surface area contributed by atoms with Crippen LogP contribution in [0.1, 0.15) is 11.1 Å². The van der Waals surface area contributed by atoms with Crippen molar-refractivity contribution in [2.75, 3.05) is 7.11 Å². The Labute approximate surface area is 138 Å². The van der Waals surface area contributed by atoms with E-state index in [1.54, 1.807) is 30.3 Å². The van der Waals surface area contributed by atoms with E-state index in [-0.39, 0.29) is 5.71 Å². The van der Waals surface area contributed by atoms with Crippen LogP contribution < -0.4 is 4.74 Å². The third kappa shape index (κ3) is 4.14. The molecule has 112 valence electrons. The standard InChI is InChI=1S/C16H12Cl2N2O2/c1-21-20-15(9-19)14-8-13(18)6-7-16(14)22-10-11-2-4-12(17)5-3-11/h2-8H,10H2,1H3. The van der Waals surface area contributed by atoms with Crippen molar-refractivity contribution in [3.63, 3.8) is 0 Å². The van der Waals surface area contributed by atoms with Crippen molar-refractivity contribution >= 4 is 28.9 Å². The second-order valence-corrected chi connectivity index (χ2v) is 5.16. The third-order valence-corrected chi connectivity index (χ3v) is 3.28. The number of benzene rings is 2. The summed E-state index contributed by atoms with van der Waals surface area (Å²) >= 11 is 11.8.